The molecule has 0 bridgehead atoms. The molecule has 1 aliphatic heterocycles. The first kappa shape index (κ1) is 18.6. The maximum absolute atomic E-state index is 13.0. The summed E-state index contributed by atoms with van der Waals surface area (Å²) in [5, 5.41) is 4.25. The highest BCUT2D eigenvalue weighted by atomic mass is 16.5. The van der Waals surface area contributed by atoms with Crippen LogP contribution in [0.4, 0.5) is 0 Å². The highest BCUT2D eigenvalue weighted by molar-refractivity contribution is 5.95. The van der Waals surface area contributed by atoms with E-state index in [0.29, 0.717) is 5.69 Å². The van der Waals surface area contributed by atoms with Gasteiger partial charge in [0.1, 0.15) is 31.4 Å². The van der Waals surface area contributed by atoms with E-state index in [-0.39, 0.29) is 11.9 Å². The van der Waals surface area contributed by atoms with Crippen LogP contribution in [0.15, 0.2) is 60.7 Å². The SMILES string of the molecule is Cc1ccc([C@H](C[NH+]2CCOCC2)NC(=O)c2ccc3ccccc3n2)cc1. The number of morpholine rings is 1. The minimum absolute atomic E-state index is 0.0607. The second-order valence-corrected chi connectivity index (χ2v) is 7.39. The highest BCUT2D eigenvalue weighted by Gasteiger charge is 2.24. The minimum Gasteiger partial charge on any atom is -0.370 e. The van der Waals surface area contributed by atoms with E-state index in [1.807, 2.05) is 30.3 Å². The number of quaternary nitrogens is 1. The Labute approximate surface area is 165 Å². The van der Waals surface area contributed by atoms with Crippen LogP contribution in [0.25, 0.3) is 10.9 Å². The Morgan fingerprint density at radius 2 is 1.82 bits per heavy atom. The van der Waals surface area contributed by atoms with E-state index in [0.717, 1.165) is 49.3 Å². The normalized spacial score (nSPS) is 16.0. The lowest BCUT2D eigenvalue weighted by Gasteiger charge is -2.28. The van der Waals surface area contributed by atoms with Crippen molar-refractivity contribution in [1.82, 2.24) is 10.3 Å². The van der Waals surface area contributed by atoms with Crippen LogP contribution in [-0.4, -0.2) is 43.7 Å². The topological polar surface area (TPSA) is 55.7 Å². The molecule has 0 radical (unpaired) electrons. The van der Waals surface area contributed by atoms with Gasteiger partial charge in [-0.15, -0.1) is 0 Å². The number of aromatic nitrogens is 1. The second kappa shape index (κ2) is 8.50. The number of hydrogen-bond acceptors (Lipinski definition) is 3. The molecule has 2 N–H and O–H groups in total. The van der Waals surface area contributed by atoms with Crippen molar-refractivity contribution in [1.29, 1.82) is 0 Å². The standard InChI is InChI=1S/C23H25N3O2/c1-17-6-8-19(9-7-17)22(16-26-12-14-28-15-13-26)25-23(27)21-11-10-18-4-2-3-5-20(18)24-21/h2-11,22H,12-16H2,1H3,(H,25,27)/p+1/t22-/m0/s1. The Morgan fingerprint density at radius 3 is 2.61 bits per heavy atom. The van der Waals surface area contributed by atoms with Crippen molar-refractivity contribution in [2.75, 3.05) is 32.8 Å². The Hall–Kier alpha value is -2.76. The quantitative estimate of drug-likeness (QED) is 0.715. The molecule has 28 heavy (non-hydrogen) atoms. The number of benzene rings is 2. The molecule has 1 aromatic heterocycles. The van der Waals surface area contributed by atoms with Crippen LogP contribution < -0.4 is 10.2 Å². The van der Waals surface area contributed by atoms with Crippen LogP contribution >= 0.6 is 0 Å². The number of amides is 1. The van der Waals surface area contributed by atoms with E-state index >= 15 is 0 Å². The molecule has 5 heteroatoms. The van der Waals surface area contributed by atoms with Crippen molar-refractivity contribution in [2.24, 2.45) is 0 Å². The number of nitrogens with one attached hydrogen (secondary N) is 2. The molecule has 5 nitrogen and oxygen atoms in total. The van der Waals surface area contributed by atoms with E-state index in [4.69, 9.17) is 4.74 Å². The number of ether oxygens (including phenoxy) is 1. The summed E-state index contributed by atoms with van der Waals surface area (Å²) in [6, 6.07) is 19.9. The molecule has 3 aromatic rings. The average Bonchev–Trinajstić information content (AvgIpc) is 2.74. The van der Waals surface area contributed by atoms with E-state index in [2.05, 4.69) is 41.5 Å². The molecule has 0 aliphatic carbocycles. The lowest BCUT2D eigenvalue weighted by atomic mass is 10.0. The first-order valence-corrected chi connectivity index (χ1v) is 9.83. The second-order valence-electron chi connectivity index (χ2n) is 7.39. The highest BCUT2D eigenvalue weighted by Crippen LogP contribution is 2.15. The van der Waals surface area contributed by atoms with Crippen molar-refractivity contribution >= 4 is 16.8 Å². The van der Waals surface area contributed by atoms with Crippen LogP contribution in [0.2, 0.25) is 0 Å². The summed E-state index contributed by atoms with van der Waals surface area (Å²) < 4.78 is 5.48. The van der Waals surface area contributed by atoms with Gasteiger partial charge in [-0.05, 0) is 24.6 Å². The van der Waals surface area contributed by atoms with E-state index in [9.17, 15) is 4.79 Å². The van der Waals surface area contributed by atoms with Crippen LogP contribution in [0.1, 0.15) is 27.7 Å². The lowest BCUT2D eigenvalue weighted by Crippen LogP contribution is -3.14. The van der Waals surface area contributed by atoms with Gasteiger partial charge in [-0.1, -0.05) is 54.1 Å². The smallest absolute Gasteiger partial charge is 0.270 e. The molecule has 1 amide bonds. The van der Waals surface area contributed by atoms with Gasteiger partial charge >= 0.3 is 0 Å². The van der Waals surface area contributed by atoms with Crippen LogP contribution in [0.5, 0.6) is 0 Å². The maximum atomic E-state index is 13.0. The third kappa shape index (κ3) is 4.38. The van der Waals surface area contributed by atoms with Crippen molar-refractivity contribution < 1.29 is 14.4 Å². The molecule has 144 valence electrons. The Balaban J connectivity index is 1.55. The van der Waals surface area contributed by atoms with Crippen LogP contribution in [0, 0.1) is 6.92 Å². The third-order valence-electron chi connectivity index (χ3n) is 5.31. The third-order valence-corrected chi connectivity index (χ3v) is 5.31. The number of pyridine rings is 1. The summed E-state index contributed by atoms with van der Waals surface area (Å²) in [4.78, 5) is 19.0. The zero-order chi connectivity index (χ0) is 19.3. The predicted octanol–water partition coefficient (Wildman–Crippen LogP) is 1.93. The Bertz CT molecular complexity index is 949. The number of nitrogens with zero attached hydrogens (tertiary/aromatic N) is 1. The summed E-state index contributed by atoms with van der Waals surface area (Å²) in [6.45, 7) is 6.39. The van der Waals surface area contributed by atoms with Gasteiger partial charge in [-0.2, -0.15) is 0 Å². The summed E-state index contributed by atoms with van der Waals surface area (Å²) in [6.07, 6.45) is 0. The Kier molecular flexibility index (Phi) is 5.65. The molecule has 4 rings (SSSR count). The molecule has 1 saturated heterocycles. The molecule has 1 aliphatic rings. The number of carbonyl (C=O) groups is 1. The summed E-state index contributed by atoms with van der Waals surface area (Å²) >= 11 is 0. The van der Waals surface area contributed by atoms with Gasteiger partial charge in [-0.3, -0.25) is 4.79 Å². The largest absolute Gasteiger partial charge is 0.370 e. The molecule has 0 spiro atoms. The van der Waals surface area contributed by atoms with Crippen molar-refractivity contribution in [3.05, 3.63) is 77.5 Å². The van der Waals surface area contributed by atoms with Gasteiger partial charge in [0.25, 0.3) is 5.91 Å². The first-order valence-electron chi connectivity index (χ1n) is 9.83. The van der Waals surface area contributed by atoms with Gasteiger partial charge < -0.3 is 15.0 Å². The monoisotopic (exact) mass is 376 g/mol. The molecular weight excluding hydrogens is 350 g/mol. The molecule has 0 saturated carbocycles. The average molecular weight is 376 g/mol. The molecule has 1 fully saturated rings. The first-order chi connectivity index (χ1) is 13.7. The van der Waals surface area contributed by atoms with Gasteiger partial charge in [0.15, 0.2) is 0 Å². The fourth-order valence-corrected chi connectivity index (χ4v) is 3.63. The van der Waals surface area contributed by atoms with Gasteiger partial charge in [-0.25, -0.2) is 4.98 Å². The molecular formula is C23H26N3O2+. The fourth-order valence-electron chi connectivity index (χ4n) is 3.63. The summed E-state index contributed by atoms with van der Waals surface area (Å²) in [5.41, 5.74) is 3.62. The van der Waals surface area contributed by atoms with E-state index in [1.165, 1.54) is 10.5 Å². The maximum Gasteiger partial charge on any atom is 0.270 e. The van der Waals surface area contributed by atoms with Gasteiger partial charge in [0.05, 0.1) is 18.7 Å². The predicted molar refractivity (Wildman–Crippen MR) is 110 cm³/mol. The van der Waals surface area contributed by atoms with E-state index < -0.39 is 0 Å². The number of carbonyl (C=O) groups excluding carboxylic acids is 1. The molecule has 0 unspecified atom stereocenters. The van der Waals surface area contributed by atoms with Crippen LogP contribution in [0.3, 0.4) is 0 Å². The molecule has 1 atom stereocenters. The summed E-state index contributed by atoms with van der Waals surface area (Å²) in [5.74, 6) is -0.135. The Morgan fingerprint density at radius 1 is 1.07 bits per heavy atom. The van der Waals surface area contributed by atoms with Crippen molar-refractivity contribution in [3.8, 4) is 0 Å². The van der Waals surface area contributed by atoms with E-state index in [1.54, 1.807) is 6.07 Å². The fraction of sp³-hybridized carbons (Fsp3) is 0.304. The number of rotatable bonds is 5. The van der Waals surface area contributed by atoms with Gasteiger partial charge in [0.2, 0.25) is 0 Å². The van der Waals surface area contributed by atoms with Gasteiger partial charge in [0, 0.05) is 5.39 Å². The molecule has 2 aromatic carbocycles. The zero-order valence-electron chi connectivity index (χ0n) is 16.2. The number of hydrogen-bond donors (Lipinski definition) is 2. The van der Waals surface area contributed by atoms with Crippen molar-refractivity contribution in [3.63, 3.8) is 0 Å². The van der Waals surface area contributed by atoms with Crippen molar-refractivity contribution in [2.45, 2.75) is 13.0 Å². The molecule has 2 heterocycles. The van der Waals surface area contributed by atoms with Crippen LogP contribution in [-0.2, 0) is 4.74 Å². The summed E-state index contributed by atoms with van der Waals surface area (Å²) in [7, 11) is 0. The minimum atomic E-state index is -0.135. The number of fused-ring (bicyclic) bond motifs is 1. The number of para-hydroxylation sites is 1. The lowest BCUT2D eigenvalue weighted by molar-refractivity contribution is -0.909. The zero-order valence-corrected chi connectivity index (χ0v) is 16.2. The number of aryl methyl sites for hydroxylation is 1.